The molecule has 0 spiro atoms. The molecule has 0 saturated carbocycles. The van der Waals surface area contributed by atoms with E-state index in [0.29, 0.717) is 12.0 Å². The van der Waals surface area contributed by atoms with Crippen LogP contribution in [0.1, 0.15) is 24.9 Å². The Kier molecular flexibility index (Phi) is 5.02. The number of methoxy groups -OCH3 is 1. The maximum Gasteiger partial charge on any atom is 0.120 e. The third kappa shape index (κ3) is 3.59. The van der Waals surface area contributed by atoms with Gasteiger partial charge in [0.2, 0.25) is 0 Å². The van der Waals surface area contributed by atoms with Gasteiger partial charge in [-0.1, -0.05) is 34.1 Å². The van der Waals surface area contributed by atoms with Crippen LogP contribution in [-0.4, -0.2) is 24.9 Å². The fourth-order valence-electron chi connectivity index (χ4n) is 2.43. The molecule has 104 valence electrons. The summed E-state index contributed by atoms with van der Waals surface area (Å²) >= 11 is 3.59. The average molecular weight is 326 g/mol. The van der Waals surface area contributed by atoms with Crippen LogP contribution in [0.2, 0.25) is 0 Å². The first-order valence-electron chi connectivity index (χ1n) is 6.52. The van der Waals surface area contributed by atoms with E-state index in [1.165, 1.54) is 5.56 Å². The van der Waals surface area contributed by atoms with Gasteiger partial charge in [0.05, 0.1) is 7.11 Å². The van der Waals surface area contributed by atoms with E-state index in [0.717, 1.165) is 16.6 Å². The topological polar surface area (TPSA) is 41.5 Å². The van der Waals surface area contributed by atoms with Gasteiger partial charge in [0.15, 0.2) is 0 Å². The Bertz CT molecular complexity index is 461. The van der Waals surface area contributed by atoms with Crippen LogP contribution >= 0.6 is 15.9 Å². The zero-order valence-electron chi connectivity index (χ0n) is 11.3. The minimum Gasteiger partial charge on any atom is -0.497 e. The first-order valence-corrected chi connectivity index (χ1v) is 7.32. The molecule has 1 aromatic carbocycles. The first-order chi connectivity index (χ1) is 9.13. The van der Waals surface area contributed by atoms with E-state index in [1.54, 1.807) is 7.11 Å². The van der Waals surface area contributed by atoms with Crippen LogP contribution in [0.5, 0.6) is 5.75 Å². The Labute approximate surface area is 122 Å². The SMILES string of the molecule is COc1ccc([C@@H](C)N[C@@H]2C=C[C@H](CO)C2)c(Br)c1. The third-order valence-corrected chi connectivity index (χ3v) is 4.23. The lowest BCUT2D eigenvalue weighted by Gasteiger charge is -2.21. The van der Waals surface area contributed by atoms with Gasteiger partial charge in [-0.15, -0.1) is 0 Å². The molecule has 0 heterocycles. The van der Waals surface area contributed by atoms with Crippen molar-refractivity contribution >= 4 is 15.9 Å². The number of rotatable bonds is 5. The summed E-state index contributed by atoms with van der Waals surface area (Å²) < 4.78 is 6.25. The first kappa shape index (κ1) is 14.6. The quantitative estimate of drug-likeness (QED) is 0.817. The molecule has 0 radical (unpaired) electrons. The maximum absolute atomic E-state index is 9.14. The molecule has 1 aliphatic carbocycles. The highest BCUT2D eigenvalue weighted by Gasteiger charge is 2.20. The van der Waals surface area contributed by atoms with E-state index in [4.69, 9.17) is 9.84 Å². The summed E-state index contributed by atoms with van der Waals surface area (Å²) in [6.07, 6.45) is 5.21. The van der Waals surface area contributed by atoms with E-state index < -0.39 is 0 Å². The van der Waals surface area contributed by atoms with Crippen molar-refractivity contribution in [3.8, 4) is 5.75 Å². The highest BCUT2D eigenvalue weighted by molar-refractivity contribution is 9.10. The molecular formula is C15H20BrNO2. The van der Waals surface area contributed by atoms with Crippen molar-refractivity contribution in [2.45, 2.75) is 25.4 Å². The normalized spacial score (nSPS) is 23.6. The Morgan fingerprint density at radius 1 is 1.47 bits per heavy atom. The second kappa shape index (κ2) is 6.55. The minimum absolute atomic E-state index is 0.231. The minimum atomic E-state index is 0.231. The lowest BCUT2D eigenvalue weighted by molar-refractivity contribution is 0.245. The summed E-state index contributed by atoms with van der Waals surface area (Å²) in [5, 5.41) is 12.7. The van der Waals surface area contributed by atoms with Gasteiger partial charge in [0, 0.05) is 29.1 Å². The molecule has 0 amide bonds. The van der Waals surface area contributed by atoms with Crippen molar-refractivity contribution in [2.75, 3.05) is 13.7 Å². The lowest BCUT2D eigenvalue weighted by atomic mass is 10.1. The van der Waals surface area contributed by atoms with Crippen LogP contribution in [-0.2, 0) is 0 Å². The van der Waals surface area contributed by atoms with E-state index in [9.17, 15) is 0 Å². The number of nitrogens with one attached hydrogen (secondary N) is 1. The highest BCUT2D eigenvalue weighted by Crippen LogP contribution is 2.29. The zero-order chi connectivity index (χ0) is 13.8. The van der Waals surface area contributed by atoms with Gasteiger partial charge in [-0.2, -0.15) is 0 Å². The number of hydrogen-bond donors (Lipinski definition) is 2. The molecule has 0 bridgehead atoms. The monoisotopic (exact) mass is 325 g/mol. The van der Waals surface area contributed by atoms with Crippen LogP contribution in [0.4, 0.5) is 0 Å². The Morgan fingerprint density at radius 2 is 2.26 bits per heavy atom. The van der Waals surface area contributed by atoms with Crippen LogP contribution in [0.15, 0.2) is 34.8 Å². The predicted octanol–water partition coefficient (Wildman–Crippen LogP) is 3.05. The molecular weight excluding hydrogens is 306 g/mol. The molecule has 0 unspecified atom stereocenters. The van der Waals surface area contributed by atoms with Gasteiger partial charge in [-0.3, -0.25) is 0 Å². The standard InChI is InChI=1S/C15H20BrNO2/c1-10(17-12-4-3-11(7-12)9-18)14-6-5-13(19-2)8-15(14)16/h3-6,8,10-12,17-18H,7,9H2,1-2H3/t10-,11+,12-/m1/s1. The van der Waals surface area contributed by atoms with Crippen molar-refractivity contribution in [1.82, 2.24) is 5.32 Å². The smallest absolute Gasteiger partial charge is 0.120 e. The molecule has 19 heavy (non-hydrogen) atoms. The fourth-order valence-corrected chi connectivity index (χ4v) is 3.13. The van der Waals surface area contributed by atoms with E-state index in [1.807, 2.05) is 12.1 Å². The van der Waals surface area contributed by atoms with Gasteiger partial charge >= 0.3 is 0 Å². The summed E-state index contributed by atoms with van der Waals surface area (Å²) in [5.41, 5.74) is 1.21. The van der Waals surface area contributed by atoms with Crippen LogP contribution in [0, 0.1) is 5.92 Å². The average Bonchev–Trinajstić information content (AvgIpc) is 2.86. The molecule has 0 aliphatic heterocycles. The third-order valence-electron chi connectivity index (χ3n) is 3.54. The van der Waals surface area contributed by atoms with Gasteiger partial charge < -0.3 is 15.2 Å². The molecule has 0 saturated heterocycles. The van der Waals surface area contributed by atoms with Crippen LogP contribution in [0.25, 0.3) is 0 Å². The second-order valence-electron chi connectivity index (χ2n) is 4.95. The van der Waals surface area contributed by atoms with Crippen molar-refractivity contribution in [3.63, 3.8) is 0 Å². The second-order valence-corrected chi connectivity index (χ2v) is 5.80. The van der Waals surface area contributed by atoms with Gasteiger partial charge in [-0.05, 0) is 31.0 Å². The number of hydrogen-bond acceptors (Lipinski definition) is 3. The molecule has 1 aliphatic rings. The molecule has 2 N–H and O–H groups in total. The van der Waals surface area contributed by atoms with Crippen LogP contribution < -0.4 is 10.1 Å². The van der Waals surface area contributed by atoms with Crippen molar-refractivity contribution in [3.05, 3.63) is 40.4 Å². The highest BCUT2D eigenvalue weighted by atomic mass is 79.9. The predicted molar refractivity (Wildman–Crippen MR) is 80.4 cm³/mol. The van der Waals surface area contributed by atoms with Gasteiger partial charge in [0.1, 0.15) is 5.75 Å². The maximum atomic E-state index is 9.14. The Hall–Kier alpha value is -0.840. The Balaban J connectivity index is 2.00. The summed E-state index contributed by atoms with van der Waals surface area (Å²) in [4.78, 5) is 0. The molecule has 3 nitrogen and oxygen atoms in total. The van der Waals surface area contributed by atoms with Crippen LogP contribution in [0.3, 0.4) is 0 Å². The van der Waals surface area contributed by atoms with Gasteiger partial charge in [-0.25, -0.2) is 0 Å². The van der Waals surface area contributed by atoms with Crippen molar-refractivity contribution in [2.24, 2.45) is 5.92 Å². The molecule has 4 heteroatoms. The number of aliphatic hydroxyl groups excluding tert-OH is 1. The summed E-state index contributed by atoms with van der Waals surface area (Å²) in [6.45, 7) is 2.38. The molecule has 1 aromatic rings. The summed E-state index contributed by atoms with van der Waals surface area (Å²) in [6, 6.07) is 6.60. The lowest BCUT2D eigenvalue weighted by Crippen LogP contribution is -2.29. The number of ether oxygens (including phenoxy) is 1. The zero-order valence-corrected chi connectivity index (χ0v) is 12.9. The number of benzene rings is 1. The molecule has 0 aromatic heterocycles. The van der Waals surface area contributed by atoms with Crippen molar-refractivity contribution < 1.29 is 9.84 Å². The van der Waals surface area contributed by atoms with E-state index in [-0.39, 0.29) is 12.6 Å². The number of aliphatic hydroxyl groups is 1. The Morgan fingerprint density at radius 3 is 2.84 bits per heavy atom. The fraction of sp³-hybridized carbons (Fsp3) is 0.467. The largest absolute Gasteiger partial charge is 0.497 e. The van der Waals surface area contributed by atoms with E-state index >= 15 is 0 Å². The van der Waals surface area contributed by atoms with E-state index in [2.05, 4.69) is 46.4 Å². The van der Waals surface area contributed by atoms with Crippen molar-refractivity contribution in [1.29, 1.82) is 0 Å². The molecule has 3 atom stereocenters. The summed E-state index contributed by atoms with van der Waals surface area (Å²) in [7, 11) is 1.67. The molecule has 2 rings (SSSR count). The molecule has 0 fully saturated rings. The summed E-state index contributed by atoms with van der Waals surface area (Å²) in [5.74, 6) is 1.15. The number of halogens is 1. The van der Waals surface area contributed by atoms with Gasteiger partial charge in [0.25, 0.3) is 0 Å².